The summed E-state index contributed by atoms with van der Waals surface area (Å²) in [5.41, 5.74) is 0. The molecular formula is C26H42O2. The predicted molar refractivity (Wildman–Crippen MR) is 124 cm³/mol. The van der Waals surface area contributed by atoms with Gasteiger partial charge >= 0.3 is 5.97 Å². The van der Waals surface area contributed by atoms with Crippen LogP contribution in [0.4, 0.5) is 0 Å². The molecule has 0 radical (unpaired) electrons. The van der Waals surface area contributed by atoms with Gasteiger partial charge in [0.25, 0.3) is 0 Å². The van der Waals surface area contributed by atoms with E-state index in [9.17, 15) is 4.79 Å². The van der Waals surface area contributed by atoms with E-state index in [1.807, 2.05) is 24.3 Å². The topological polar surface area (TPSA) is 37.3 Å². The van der Waals surface area contributed by atoms with E-state index in [4.69, 9.17) is 5.11 Å². The molecule has 0 aliphatic carbocycles. The minimum absolute atomic E-state index is 0.929. The molecule has 28 heavy (non-hydrogen) atoms. The fourth-order valence-corrected chi connectivity index (χ4v) is 2.98. The number of hydrogen-bond donors (Lipinski definition) is 1. The summed E-state index contributed by atoms with van der Waals surface area (Å²) in [6, 6.07) is 0. The van der Waals surface area contributed by atoms with Crippen LogP contribution in [-0.2, 0) is 4.79 Å². The highest BCUT2D eigenvalue weighted by molar-refractivity contribution is 5.80. The molecule has 158 valence electrons. The Morgan fingerprint density at radius 3 is 1.43 bits per heavy atom. The summed E-state index contributed by atoms with van der Waals surface area (Å²) in [5, 5.41) is 8.43. The summed E-state index contributed by atoms with van der Waals surface area (Å²) in [4.78, 5) is 10.3. The zero-order chi connectivity index (χ0) is 20.5. The Balaban J connectivity index is 3.34. The van der Waals surface area contributed by atoms with Gasteiger partial charge in [-0.3, -0.25) is 0 Å². The van der Waals surface area contributed by atoms with Crippen molar-refractivity contribution >= 4 is 5.97 Å². The Hall–Kier alpha value is -1.83. The number of rotatable bonds is 19. The first-order valence-electron chi connectivity index (χ1n) is 11.3. The van der Waals surface area contributed by atoms with Crippen molar-refractivity contribution in [2.24, 2.45) is 0 Å². The highest BCUT2D eigenvalue weighted by atomic mass is 16.4. The van der Waals surface area contributed by atoms with Crippen LogP contribution in [0.15, 0.2) is 60.8 Å². The molecule has 0 rings (SSSR count). The van der Waals surface area contributed by atoms with Gasteiger partial charge in [-0.1, -0.05) is 139 Å². The van der Waals surface area contributed by atoms with Gasteiger partial charge in [0.15, 0.2) is 0 Å². The Morgan fingerprint density at radius 1 is 0.571 bits per heavy atom. The third kappa shape index (κ3) is 24.2. The second-order valence-corrected chi connectivity index (χ2v) is 7.31. The molecular weight excluding hydrogens is 344 g/mol. The second-order valence-electron chi connectivity index (χ2n) is 7.31. The van der Waals surface area contributed by atoms with E-state index in [0.29, 0.717) is 0 Å². The Bertz CT molecular complexity index is 481. The average Bonchev–Trinajstić information content (AvgIpc) is 2.68. The molecule has 0 saturated heterocycles. The first kappa shape index (κ1) is 26.2. The molecule has 0 atom stereocenters. The number of carbonyl (C=O) groups is 1. The van der Waals surface area contributed by atoms with Crippen LogP contribution in [0.25, 0.3) is 0 Å². The molecule has 0 fully saturated rings. The van der Waals surface area contributed by atoms with Gasteiger partial charge < -0.3 is 5.11 Å². The van der Waals surface area contributed by atoms with Crippen LogP contribution in [0.2, 0.25) is 0 Å². The third-order valence-electron chi connectivity index (χ3n) is 4.63. The molecule has 0 aliphatic rings. The maximum atomic E-state index is 10.3. The average molecular weight is 387 g/mol. The lowest BCUT2D eigenvalue weighted by atomic mass is 10.0. The molecule has 0 aromatic carbocycles. The number of allylic oxidation sites excluding steroid dienone is 9. The zero-order valence-electron chi connectivity index (χ0n) is 18.0. The van der Waals surface area contributed by atoms with Crippen LogP contribution in [-0.4, -0.2) is 11.1 Å². The molecule has 0 heterocycles. The lowest BCUT2D eigenvalue weighted by Crippen LogP contribution is -1.84. The van der Waals surface area contributed by atoms with Gasteiger partial charge in [0.2, 0.25) is 0 Å². The molecule has 2 heteroatoms. The van der Waals surface area contributed by atoms with Gasteiger partial charge in [0, 0.05) is 6.08 Å². The SMILES string of the molecule is CCCCCCCCCCCCCCCC=CC=CC=CC=CC=CC(=O)O. The highest BCUT2D eigenvalue weighted by Crippen LogP contribution is 2.12. The van der Waals surface area contributed by atoms with Gasteiger partial charge in [0.05, 0.1) is 0 Å². The van der Waals surface area contributed by atoms with Crippen LogP contribution < -0.4 is 0 Å². The summed E-state index contributed by atoms with van der Waals surface area (Å²) >= 11 is 0. The summed E-state index contributed by atoms with van der Waals surface area (Å²) in [5.74, 6) is -0.929. The van der Waals surface area contributed by atoms with Crippen molar-refractivity contribution < 1.29 is 9.90 Å². The molecule has 0 bridgehead atoms. The molecule has 0 spiro atoms. The fourth-order valence-electron chi connectivity index (χ4n) is 2.98. The van der Waals surface area contributed by atoms with Crippen molar-refractivity contribution in [2.75, 3.05) is 0 Å². The third-order valence-corrected chi connectivity index (χ3v) is 4.63. The Morgan fingerprint density at radius 2 is 0.964 bits per heavy atom. The monoisotopic (exact) mass is 386 g/mol. The number of hydrogen-bond acceptors (Lipinski definition) is 1. The van der Waals surface area contributed by atoms with Gasteiger partial charge in [-0.2, -0.15) is 0 Å². The van der Waals surface area contributed by atoms with Crippen molar-refractivity contribution in [3.63, 3.8) is 0 Å². The van der Waals surface area contributed by atoms with Crippen molar-refractivity contribution in [1.82, 2.24) is 0 Å². The maximum Gasteiger partial charge on any atom is 0.328 e. The fraction of sp³-hybridized carbons (Fsp3) is 0.577. The van der Waals surface area contributed by atoms with E-state index in [2.05, 4.69) is 19.1 Å². The molecule has 0 unspecified atom stereocenters. The molecule has 0 amide bonds. The van der Waals surface area contributed by atoms with Gasteiger partial charge in [-0.15, -0.1) is 0 Å². The number of carboxylic acid groups (broad SMARTS) is 1. The minimum atomic E-state index is -0.929. The maximum absolute atomic E-state index is 10.3. The van der Waals surface area contributed by atoms with E-state index in [1.54, 1.807) is 12.2 Å². The van der Waals surface area contributed by atoms with Crippen LogP contribution in [0.5, 0.6) is 0 Å². The molecule has 1 N–H and O–H groups in total. The summed E-state index contributed by atoms with van der Waals surface area (Å²) in [7, 11) is 0. The predicted octanol–water partition coefficient (Wildman–Crippen LogP) is 8.33. The van der Waals surface area contributed by atoms with Crippen molar-refractivity contribution in [2.45, 2.75) is 96.8 Å². The Kier molecular flexibility index (Phi) is 21.7. The van der Waals surface area contributed by atoms with Crippen LogP contribution in [0.3, 0.4) is 0 Å². The standard InChI is InChI=1S/C26H42O2/c1-2-3-4-5-6-7-8-9-10-11-12-13-14-15-16-17-18-19-20-21-22-23-24-25-26(27)28/h16-25H,2-15H2,1H3,(H,27,28). The van der Waals surface area contributed by atoms with E-state index >= 15 is 0 Å². The number of unbranched alkanes of at least 4 members (excludes halogenated alkanes) is 13. The van der Waals surface area contributed by atoms with E-state index < -0.39 is 5.97 Å². The highest BCUT2D eigenvalue weighted by Gasteiger charge is 1.93. The van der Waals surface area contributed by atoms with E-state index in [-0.39, 0.29) is 0 Å². The van der Waals surface area contributed by atoms with Crippen LogP contribution in [0, 0.1) is 0 Å². The molecule has 0 aliphatic heterocycles. The van der Waals surface area contributed by atoms with E-state index in [1.165, 1.54) is 89.5 Å². The van der Waals surface area contributed by atoms with Crippen molar-refractivity contribution in [3.8, 4) is 0 Å². The van der Waals surface area contributed by atoms with Gasteiger partial charge in [-0.25, -0.2) is 4.79 Å². The normalized spacial score (nSPS) is 12.6. The lowest BCUT2D eigenvalue weighted by Gasteiger charge is -2.02. The number of aliphatic carboxylic acids is 1. The lowest BCUT2D eigenvalue weighted by molar-refractivity contribution is -0.131. The number of carboxylic acids is 1. The largest absolute Gasteiger partial charge is 0.478 e. The minimum Gasteiger partial charge on any atom is -0.478 e. The van der Waals surface area contributed by atoms with Crippen LogP contribution in [0.1, 0.15) is 96.8 Å². The van der Waals surface area contributed by atoms with Gasteiger partial charge in [0.1, 0.15) is 0 Å². The zero-order valence-corrected chi connectivity index (χ0v) is 18.0. The summed E-state index contributed by atoms with van der Waals surface area (Å²) < 4.78 is 0. The molecule has 0 saturated carbocycles. The van der Waals surface area contributed by atoms with Crippen molar-refractivity contribution in [3.05, 3.63) is 60.8 Å². The molecule has 0 aromatic heterocycles. The summed E-state index contributed by atoms with van der Waals surface area (Å²) in [6.07, 6.45) is 37.6. The Labute approximate surface area is 173 Å². The van der Waals surface area contributed by atoms with Gasteiger partial charge in [-0.05, 0) is 12.8 Å². The summed E-state index contributed by atoms with van der Waals surface area (Å²) in [6.45, 7) is 2.28. The molecule has 0 aromatic rings. The van der Waals surface area contributed by atoms with Crippen molar-refractivity contribution in [1.29, 1.82) is 0 Å². The van der Waals surface area contributed by atoms with E-state index in [0.717, 1.165) is 12.5 Å². The quantitative estimate of drug-likeness (QED) is 0.138. The van der Waals surface area contributed by atoms with Crippen LogP contribution >= 0.6 is 0 Å². The second kappa shape index (κ2) is 23.2. The first-order valence-corrected chi connectivity index (χ1v) is 11.3. The first-order chi connectivity index (χ1) is 13.8. The smallest absolute Gasteiger partial charge is 0.328 e. The molecule has 2 nitrogen and oxygen atoms in total.